The number of hydrogen-bond acceptors (Lipinski definition) is 5. The Hall–Kier alpha value is -0.980. The highest BCUT2D eigenvalue weighted by Gasteiger charge is 2.31. The van der Waals surface area contributed by atoms with E-state index in [4.69, 9.17) is 0 Å². The second-order valence-electron chi connectivity index (χ2n) is 5.56. The molecule has 2 N–H and O–H groups in total. The van der Waals surface area contributed by atoms with E-state index < -0.39 is 5.60 Å². The topological polar surface area (TPSA) is 75.4 Å². The molecule has 5 nitrogen and oxygen atoms in total. The average molecular weight is 284 g/mol. The van der Waals surface area contributed by atoms with Crippen LogP contribution in [-0.4, -0.2) is 22.2 Å². The van der Waals surface area contributed by atoms with Gasteiger partial charge in [0.25, 0.3) is 0 Å². The number of nitrogens with one attached hydrogen (secondary N) is 1. The Morgan fingerprint density at radius 1 is 1.58 bits per heavy atom. The normalized spacial score (nSPS) is 27.4. The van der Waals surface area contributed by atoms with E-state index in [-0.39, 0.29) is 9.92 Å². The molecule has 6 heteroatoms. The van der Waals surface area contributed by atoms with Crippen molar-refractivity contribution in [2.45, 2.75) is 44.8 Å². The molecular weight excluding hydrogens is 264 g/mol. The van der Waals surface area contributed by atoms with Crippen molar-refractivity contribution in [3.63, 3.8) is 0 Å². The van der Waals surface area contributed by atoms with Crippen LogP contribution in [0.1, 0.15) is 38.2 Å². The maximum absolute atomic E-state index is 10.6. The molecular formula is C13H20N2O3S. The summed E-state index contributed by atoms with van der Waals surface area (Å²) >= 11 is 1.14. The lowest BCUT2D eigenvalue weighted by atomic mass is 9.79. The molecule has 1 heterocycles. The lowest BCUT2D eigenvalue weighted by molar-refractivity contribution is -0.380. The van der Waals surface area contributed by atoms with Crippen molar-refractivity contribution in [2.75, 3.05) is 6.54 Å². The highest BCUT2D eigenvalue weighted by molar-refractivity contribution is 7.13. The van der Waals surface area contributed by atoms with Crippen LogP contribution in [0.3, 0.4) is 0 Å². The van der Waals surface area contributed by atoms with Crippen LogP contribution >= 0.6 is 11.3 Å². The first kappa shape index (κ1) is 14.4. The molecule has 1 aliphatic carbocycles. The molecule has 0 saturated heterocycles. The second-order valence-corrected chi connectivity index (χ2v) is 6.45. The monoisotopic (exact) mass is 284 g/mol. The maximum Gasteiger partial charge on any atom is 0.324 e. The molecule has 0 radical (unpaired) electrons. The van der Waals surface area contributed by atoms with Gasteiger partial charge in [-0.05, 0) is 37.2 Å². The molecule has 0 aliphatic heterocycles. The minimum atomic E-state index is -0.603. The van der Waals surface area contributed by atoms with Crippen LogP contribution in [0.15, 0.2) is 11.4 Å². The van der Waals surface area contributed by atoms with Crippen molar-refractivity contribution in [3.05, 3.63) is 27.1 Å². The molecule has 0 bridgehead atoms. The first-order valence-electron chi connectivity index (χ1n) is 6.63. The molecule has 0 aromatic carbocycles. The van der Waals surface area contributed by atoms with Crippen molar-refractivity contribution >= 4 is 16.3 Å². The van der Waals surface area contributed by atoms with E-state index in [9.17, 15) is 15.2 Å². The maximum atomic E-state index is 10.6. The number of aliphatic hydroxyl groups is 1. The highest BCUT2D eigenvalue weighted by Crippen LogP contribution is 2.31. The van der Waals surface area contributed by atoms with E-state index in [2.05, 4.69) is 12.2 Å². The van der Waals surface area contributed by atoms with E-state index in [0.29, 0.717) is 19.0 Å². The summed E-state index contributed by atoms with van der Waals surface area (Å²) in [5, 5.41) is 26.1. The summed E-state index contributed by atoms with van der Waals surface area (Å²) in [6.45, 7) is 3.35. The Morgan fingerprint density at radius 2 is 2.26 bits per heavy atom. The van der Waals surface area contributed by atoms with Crippen molar-refractivity contribution in [1.82, 2.24) is 5.32 Å². The largest absolute Gasteiger partial charge is 0.389 e. The molecule has 1 aromatic heterocycles. The van der Waals surface area contributed by atoms with Gasteiger partial charge in [0, 0.05) is 24.5 Å². The molecule has 2 rings (SSSR count). The first-order valence-corrected chi connectivity index (χ1v) is 7.51. The number of thiophene rings is 1. The predicted octanol–water partition coefficient (Wildman–Crippen LogP) is 2.69. The number of rotatable bonds is 5. The second kappa shape index (κ2) is 5.98. The fourth-order valence-corrected chi connectivity index (χ4v) is 3.20. The third-order valence-corrected chi connectivity index (χ3v) is 4.74. The van der Waals surface area contributed by atoms with E-state index >= 15 is 0 Å². The fraction of sp³-hybridized carbons (Fsp3) is 0.692. The zero-order valence-electron chi connectivity index (χ0n) is 11.1. The van der Waals surface area contributed by atoms with Crippen LogP contribution < -0.4 is 5.32 Å². The zero-order chi connectivity index (χ0) is 13.9. The summed E-state index contributed by atoms with van der Waals surface area (Å²) in [5.41, 5.74) is 0.304. The molecule has 106 valence electrons. The standard InChI is InChI=1S/C13H20N2O3S/c1-10-2-4-13(16,5-3-10)9-14-7-11-6-12(15(17)18)19-8-11/h6,8,10,14,16H,2-5,7,9H2,1H3. The number of nitrogens with zero attached hydrogens (tertiary/aromatic N) is 1. The van der Waals surface area contributed by atoms with E-state index in [1.54, 1.807) is 11.4 Å². The first-order chi connectivity index (χ1) is 8.98. The van der Waals surface area contributed by atoms with Crippen molar-refractivity contribution in [1.29, 1.82) is 0 Å². The Labute approximate surface area is 116 Å². The van der Waals surface area contributed by atoms with Crippen LogP contribution in [0.5, 0.6) is 0 Å². The summed E-state index contributed by atoms with van der Waals surface area (Å²) in [6, 6.07) is 1.59. The van der Waals surface area contributed by atoms with Gasteiger partial charge >= 0.3 is 5.00 Å². The Kier molecular flexibility index (Phi) is 4.54. The number of nitro groups is 1. The molecule has 0 unspecified atom stereocenters. The van der Waals surface area contributed by atoms with Gasteiger partial charge in [-0.2, -0.15) is 0 Å². The van der Waals surface area contributed by atoms with Crippen LogP contribution in [0.2, 0.25) is 0 Å². The fourth-order valence-electron chi connectivity index (χ4n) is 2.47. The summed E-state index contributed by atoms with van der Waals surface area (Å²) in [7, 11) is 0. The van der Waals surface area contributed by atoms with Gasteiger partial charge in [0.15, 0.2) is 0 Å². The molecule has 19 heavy (non-hydrogen) atoms. The zero-order valence-corrected chi connectivity index (χ0v) is 11.9. The predicted molar refractivity (Wildman–Crippen MR) is 75.3 cm³/mol. The summed E-state index contributed by atoms with van der Waals surface area (Å²) in [6.07, 6.45) is 3.82. The molecule has 0 spiro atoms. The van der Waals surface area contributed by atoms with E-state index in [1.165, 1.54) is 0 Å². The third kappa shape index (κ3) is 3.99. The highest BCUT2D eigenvalue weighted by atomic mass is 32.1. The minimum absolute atomic E-state index is 0.169. The van der Waals surface area contributed by atoms with Gasteiger partial charge in [0.2, 0.25) is 0 Å². The molecule has 1 aromatic rings. The Bertz CT molecular complexity index is 439. The molecule has 0 amide bonds. The third-order valence-electron chi connectivity index (χ3n) is 3.81. The van der Waals surface area contributed by atoms with Gasteiger partial charge < -0.3 is 10.4 Å². The van der Waals surface area contributed by atoms with Gasteiger partial charge in [0.1, 0.15) is 0 Å². The molecule has 1 aliphatic rings. The Balaban J connectivity index is 1.78. The van der Waals surface area contributed by atoms with Crippen LogP contribution in [0.25, 0.3) is 0 Å². The van der Waals surface area contributed by atoms with Crippen molar-refractivity contribution in [2.24, 2.45) is 5.92 Å². The lowest BCUT2D eigenvalue weighted by Crippen LogP contribution is -2.43. The van der Waals surface area contributed by atoms with Crippen LogP contribution in [0.4, 0.5) is 5.00 Å². The molecule has 1 fully saturated rings. The summed E-state index contributed by atoms with van der Waals surface area (Å²) in [5.74, 6) is 0.708. The van der Waals surface area contributed by atoms with Gasteiger partial charge in [-0.1, -0.05) is 18.3 Å². The van der Waals surface area contributed by atoms with Gasteiger partial charge in [-0.3, -0.25) is 10.1 Å². The van der Waals surface area contributed by atoms with Crippen molar-refractivity contribution < 1.29 is 10.0 Å². The number of hydrogen-bond donors (Lipinski definition) is 2. The quantitative estimate of drug-likeness (QED) is 0.644. The SMILES string of the molecule is CC1CCC(O)(CNCc2csc([N+](=O)[O-])c2)CC1. The molecule has 0 atom stereocenters. The van der Waals surface area contributed by atoms with Crippen LogP contribution in [0, 0.1) is 16.0 Å². The summed E-state index contributed by atoms with van der Waals surface area (Å²) < 4.78 is 0. The smallest absolute Gasteiger partial charge is 0.324 e. The Morgan fingerprint density at radius 3 is 2.84 bits per heavy atom. The lowest BCUT2D eigenvalue weighted by Gasteiger charge is -2.35. The minimum Gasteiger partial charge on any atom is -0.389 e. The van der Waals surface area contributed by atoms with Crippen molar-refractivity contribution in [3.8, 4) is 0 Å². The van der Waals surface area contributed by atoms with Crippen LogP contribution in [-0.2, 0) is 6.54 Å². The van der Waals surface area contributed by atoms with E-state index in [1.807, 2.05) is 0 Å². The van der Waals surface area contributed by atoms with Gasteiger partial charge in [-0.25, -0.2) is 0 Å². The van der Waals surface area contributed by atoms with Gasteiger partial charge in [-0.15, -0.1) is 0 Å². The van der Waals surface area contributed by atoms with E-state index in [0.717, 1.165) is 42.6 Å². The summed E-state index contributed by atoms with van der Waals surface area (Å²) in [4.78, 5) is 10.2. The molecule has 1 saturated carbocycles. The average Bonchev–Trinajstić information content (AvgIpc) is 2.82. The van der Waals surface area contributed by atoms with Gasteiger partial charge in [0.05, 0.1) is 10.5 Å².